The maximum absolute atomic E-state index is 12.6. The smallest absolute Gasteiger partial charge is 0.223 e. The molecule has 0 aromatic heterocycles. The van der Waals surface area contributed by atoms with Gasteiger partial charge in [-0.1, -0.05) is 20.8 Å². The molecule has 0 unspecified atom stereocenters. The van der Waals surface area contributed by atoms with E-state index < -0.39 is 0 Å². The Morgan fingerprint density at radius 2 is 1.33 bits per heavy atom. The Hall–Kier alpha value is -1.26. The van der Waals surface area contributed by atoms with E-state index in [2.05, 4.69) is 25.7 Å². The van der Waals surface area contributed by atoms with Crippen LogP contribution in [0.4, 0.5) is 0 Å². The monoisotopic (exact) mass is 429 g/mol. The van der Waals surface area contributed by atoms with Crippen LogP contribution in [-0.2, 0) is 9.59 Å². The van der Waals surface area contributed by atoms with Crippen LogP contribution in [0, 0.1) is 5.41 Å². The summed E-state index contributed by atoms with van der Waals surface area (Å²) in [5.41, 5.74) is -0.0282. The number of aliphatic hydroxyl groups is 2. The molecule has 9 nitrogen and oxygen atoms in total. The maximum Gasteiger partial charge on any atom is 0.223 e. The number of hydrogen-bond donors (Lipinski definition) is 2. The van der Waals surface area contributed by atoms with Crippen molar-refractivity contribution in [2.45, 2.75) is 33.6 Å². The number of amides is 2. The molecule has 1 fully saturated rings. The van der Waals surface area contributed by atoms with Crippen molar-refractivity contribution in [3.05, 3.63) is 0 Å². The molecule has 1 aliphatic rings. The van der Waals surface area contributed by atoms with Crippen molar-refractivity contribution in [3.63, 3.8) is 0 Å². The third kappa shape index (κ3) is 10.2. The zero-order valence-electron chi connectivity index (χ0n) is 19.6. The molecule has 0 aromatic carbocycles. The zero-order valence-corrected chi connectivity index (χ0v) is 19.6. The summed E-state index contributed by atoms with van der Waals surface area (Å²) >= 11 is 0. The Balaban J connectivity index is 2.43. The molecule has 1 saturated heterocycles. The van der Waals surface area contributed by atoms with Gasteiger partial charge in [-0.3, -0.25) is 14.5 Å². The molecule has 0 saturated carbocycles. The number of nitrogens with zero attached hydrogens (tertiary/aromatic N) is 5. The number of hydrogen-bond acceptors (Lipinski definition) is 7. The molecule has 2 amide bonds. The Kier molecular flexibility index (Phi) is 11.8. The van der Waals surface area contributed by atoms with Crippen LogP contribution in [0.2, 0.25) is 0 Å². The van der Waals surface area contributed by atoms with Gasteiger partial charge in [-0.2, -0.15) is 0 Å². The van der Waals surface area contributed by atoms with Crippen molar-refractivity contribution >= 4 is 11.8 Å². The van der Waals surface area contributed by atoms with E-state index in [4.69, 9.17) is 0 Å². The fourth-order valence-electron chi connectivity index (χ4n) is 3.54. The molecule has 30 heavy (non-hydrogen) atoms. The Morgan fingerprint density at radius 1 is 0.800 bits per heavy atom. The summed E-state index contributed by atoms with van der Waals surface area (Å²) in [6.45, 7) is 11.8. The van der Waals surface area contributed by atoms with Crippen LogP contribution in [-0.4, -0.2) is 133 Å². The Morgan fingerprint density at radius 3 is 1.80 bits per heavy atom. The highest BCUT2D eigenvalue weighted by Gasteiger charge is 2.26. The van der Waals surface area contributed by atoms with Gasteiger partial charge in [0.2, 0.25) is 11.8 Å². The molecule has 1 heterocycles. The minimum absolute atomic E-state index is 0.0282. The molecule has 1 rings (SSSR count). The predicted molar refractivity (Wildman–Crippen MR) is 118 cm³/mol. The van der Waals surface area contributed by atoms with Crippen LogP contribution >= 0.6 is 0 Å². The van der Waals surface area contributed by atoms with Crippen LogP contribution in [0.15, 0.2) is 0 Å². The van der Waals surface area contributed by atoms with E-state index in [1.165, 1.54) is 0 Å². The molecular formula is C21H43N5O4. The number of hydrazine groups is 1. The summed E-state index contributed by atoms with van der Waals surface area (Å²) in [4.78, 5) is 30.8. The Labute approximate surface area is 182 Å². The molecule has 0 radical (unpaired) electrons. The van der Waals surface area contributed by atoms with Gasteiger partial charge in [0, 0.05) is 85.8 Å². The quantitative estimate of drug-likeness (QED) is 0.406. The fourth-order valence-corrected chi connectivity index (χ4v) is 3.54. The molecule has 176 valence electrons. The average Bonchev–Trinajstić information content (AvgIpc) is 2.67. The summed E-state index contributed by atoms with van der Waals surface area (Å²) in [5, 5.41) is 22.5. The number of piperazine rings is 1. The summed E-state index contributed by atoms with van der Waals surface area (Å²) in [7, 11) is 3.86. The third-order valence-electron chi connectivity index (χ3n) is 5.32. The number of rotatable bonds is 12. The zero-order chi connectivity index (χ0) is 22.7. The Bertz CT molecular complexity index is 516. The van der Waals surface area contributed by atoms with Crippen molar-refractivity contribution < 1.29 is 19.8 Å². The van der Waals surface area contributed by atoms with Gasteiger partial charge in [0.1, 0.15) is 0 Å². The van der Waals surface area contributed by atoms with Gasteiger partial charge in [-0.15, -0.1) is 0 Å². The van der Waals surface area contributed by atoms with Gasteiger partial charge in [-0.25, -0.2) is 10.0 Å². The van der Waals surface area contributed by atoms with E-state index in [0.29, 0.717) is 65.2 Å². The van der Waals surface area contributed by atoms with E-state index in [9.17, 15) is 19.8 Å². The van der Waals surface area contributed by atoms with Crippen LogP contribution in [0.3, 0.4) is 0 Å². The van der Waals surface area contributed by atoms with Gasteiger partial charge in [0.15, 0.2) is 0 Å². The van der Waals surface area contributed by atoms with E-state index >= 15 is 0 Å². The molecule has 9 heteroatoms. The highest BCUT2D eigenvalue weighted by Crippen LogP contribution is 2.20. The molecule has 0 aromatic rings. The molecular weight excluding hydrogens is 386 g/mol. The lowest BCUT2D eigenvalue weighted by molar-refractivity contribution is -0.140. The van der Waals surface area contributed by atoms with E-state index in [1.807, 2.05) is 33.9 Å². The van der Waals surface area contributed by atoms with Crippen LogP contribution in [0.5, 0.6) is 0 Å². The summed E-state index contributed by atoms with van der Waals surface area (Å²) in [5.74, 6) is 0.262. The maximum atomic E-state index is 12.6. The largest absolute Gasteiger partial charge is 0.395 e. The second-order valence-corrected chi connectivity index (χ2v) is 9.34. The van der Waals surface area contributed by atoms with Gasteiger partial charge in [0.25, 0.3) is 0 Å². The summed E-state index contributed by atoms with van der Waals surface area (Å²) in [6.07, 6.45) is 0.926. The van der Waals surface area contributed by atoms with Gasteiger partial charge in [0.05, 0.1) is 13.2 Å². The van der Waals surface area contributed by atoms with Gasteiger partial charge < -0.3 is 20.0 Å². The second-order valence-electron chi connectivity index (χ2n) is 9.34. The molecule has 0 spiro atoms. The number of carbonyl (C=O) groups is 2. The summed E-state index contributed by atoms with van der Waals surface area (Å²) in [6, 6.07) is 0. The van der Waals surface area contributed by atoms with Crippen molar-refractivity contribution in [2.24, 2.45) is 5.41 Å². The van der Waals surface area contributed by atoms with Gasteiger partial charge >= 0.3 is 0 Å². The first-order valence-corrected chi connectivity index (χ1v) is 11.0. The molecule has 0 atom stereocenters. The van der Waals surface area contributed by atoms with Crippen molar-refractivity contribution in [1.82, 2.24) is 24.7 Å². The summed E-state index contributed by atoms with van der Waals surface area (Å²) < 4.78 is 0. The third-order valence-corrected chi connectivity index (χ3v) is 5.32. The first kappa shape index (κ1) is 26.8. The SMILES string of the molecule is CN(C)N(CCO)CCN(CCO)CCC(=O)N1CCN(C(=O)CC(C)(C)C)CC1. The lowest BCUT2D eigenvalue weighted by atomic mass is 9.91. The second kappa shape index (κ2) is 13.2. The minimum Gasteiger partial charge on any atom is -0.395 e. The topological polar surface area (TPSA) is 90.8 Å². The average molecular weight is 430 g/mol. The van der Waals surface area contributed by atoms with E-state index in [1.54, 1.807) is 0 Å². The molecule has 1 aliphatic heterocycles. The highest BCUT2D eigenvalue weighted by molar-refractivity contribution is 5.79. The number of aliphatic hydroxyl groups excluding tert-OH is 2. The van der Waals surface area contributed by atoms with E-state index in [0.717, 1.165) is 6.54 Å². The van der Waals surface area contributed by atoms with E-state index in [-0.39, 0.29) is 30.4 Å². The lowest BCUT2D eigenvalue weighted by Gasteiger charge is -2.36. The van der Waals surface area contributed by atoms with Gasteiger partial charge in [-0.05, 0) is 5.41 Å². The predicted octanol–water partition coefficient (Wildman–Crippen LogP) is -0.451. The van der Waals surface area contributed by atoms with Crippen LogP contribution in [0.25, 0.3) is 0 Å². The van der Waals surface area contributed by atoms with Crippen LogP contribution < -0.4 is 0 Å². The standard InChI is InChI=1S/C21H43N5O4/c1-21(2,3)18-20(30)25-11-9-24(10-12-25)19(29)6-7-23(14-16-27)8-13-26(15-17-28)22(4)5/h27-28H,6-18H2,1-5H3. The molecule has 0 bridgehead atoms. The number of carbonyl (C=O) groups excluding carboxylic acids is 2. The first-order valence-electron chi connectivity index (χ1n) is 11.0. The van der Waals surface area contributed by atoms with Crippen LogP contribution in [0.1, 0.15) is 33.6 Å². The lowest BCUT2D eigenvalue weighted by Crippen LogP contribution is -2.51. The van der Waals surface area contributed by atoms with Crippen molar-refractivity contribution in [1.29, 1.82) is 0 Å². The first-order chi connectivity index (χ1) is 14.1. The normalized spacial score (nSPS) is 15.5. The fraction of sp³-hybridized carbons (Fsp3) is 0.905. The van der Waals surface area contributed by atoms with Crippen molar-refractivity contribution in [3.8, 4) is 0 Å². The molecule has 0 aliphatic carbocycles. The molecule has 2 N–H and O–H groups in total. The van der Waals surface area contributed by atoms with Crippen molar-refractivity contribution in [2.75, 3.05) is 86.2 Å². The highest BCUT2D eigenvalue weighted by atomic mass is 16.3. The minimum atomic E-state index is -0.0282.